The number of aryl methyl sites for hydroxylation is 1. The molecule has 0 unspecified atom stereocenters. The predicted octanol–water partition coefficient (Wildman–Crippen LogP) is 3.85. The molecule has 19 heavy (non-hydrogen) atoms. The molecule has 3 nitrogen and oxygen atoms in total. The Balaban J connectivity index is 2.26. The van der Waals surface area contributed by atoms with Crippen LogP contribution in [-0.4, -0.2) is 17.9 Å². The molecule has 0 aliphatic heterocycles. The van der Waals surface area contributed by atoms with Gasteiger partial charge in [0, 0.05) is 11.8 Å². The lowest BCUT2D eigenvalue weighted by Crippen LogP contribution is -1.93. The van der Waals surface area contributed by atoms with Crippen molar-refractivity contribution in [3.8, 4) is 11.5 Å². The van der Waals surface area contributed by atoms with E-state index < -0.39 is 0 Å². The maximum Gasteiger partial charge on any atom is 0.166 e. The van der Waals surface area contributed by atoms with E-state index in [9.17, 15) is 5.11 Å². The summed E-state index contributed by atoms with van der Waals surface area (Å²) in [5.74, 6) is 0.608. The third-order valence-corrected chi connectivity index (χ3v) is 2.68. The van der Waals surface area contributed by atoms with Gasteiger partial charge in [-0.05, 0) is 43.7 Å². The number of hydrogen-bond acceptors (Lipinski definition) is 3. The quantitative estimate of drug-likeness (QED) is 0.843. The molecule has 2 aromatic carbocycles. The first-order chi connectivity index (χ1) is 9.20. The van der Waals surface area contributed by atoms with Crippen LogP contribution in [0.25, 0.3) is 0 Å². The monoisotopic (exact) mass is 255 g/mol. The number of benzene rings is 2. The highest BCUT2D eigenvalue weighted by Gasteiger charge is 2.05. The van der Waals surface area contributed by atoms with Gasteiger partial charge in [0.15, 0.2) is 11.5 Å². The molecule has 0 spiro atoms. The maximum atomic E-state index is 10.0. The Morgan fingerprint density at radius 3 is 2.74 bits per heavy atom. The number of hydrogen-bond donors (Lipinski definition) is 1. The molecule has 0 fully saturated rings. The van der Waals surface area contributed by atoms with Crippen molar-refractivity contribution in [1.82, 2.24) is 0 Å². The molecule has 0 amide bonds. The van der Waals surface area contributed by atoms with Crippen LogP contribution in [0.15, 0.2) is 47.5 Å². The van der Waals surface area contributed by atoms with Crippen molar-refractivity contribution in [3.63, 3.8) is 0 Å². The topological polar surface area (TPSA) is 41.8 Å². The van der Waals surface area contributed by atoms with Crippen LogP contribution in [0.3, 0.4) is 0 Å². The fraction of sp³-hybridized carbons (Fsp3) is 0.188. The van der Waals surface area contributed by atoms with Gasteiger partial charge in [-0.25, -0.2) is 0 Å². The summed E-state index contributed by atoms with van der Waals surface area (Å²) in [7, 11) is 0. The Kier molecular flexibility index (Phi) is 4.18. The van der Waals surface area contributed by atoms with Gasteiger partial charge in [0.25, 0.3) is 0 Å². The zero-order valence-electron chi connectivity index (χ0n) is 11.1. The second-order valence-corrected chi connectivity index (χ2v) is 4.22. The Bertz CT molecular complexity index is 591. The fourth-order valence-electron chi connectivity index (χ4n) is 1.77. The van der Waals surface area contributed by atoms with Gasteiger partial charge in [-0.15, -0.1) is 0 Å². The summed E-state index contributed by atoms with van der Waals surface area (Å²) in [5.41, 5.74) is 2.66. The van der Waals surface area contributed by atoms with Gasteiger partial charge in [-0.1, -0.05) is 18.2 Å². The Morgan fingerprint density at radius 2 is 2.00 bits per heavy atom. The first-order valence-corrected chi connectivity index (χ1v) is 6.26. The number of phenolic OH excluding ortho intramolecular Hbond substituents is 1. The molecule has 0 atom stereocenters. The van der Waals surface area contributed by atoms with Gasteiger partial charge < -0.3 is 9.84 Å². The van der Waals surface area contributed by atoms with Crippen LogP contribution in [0.1, 0.15) is 18.1 Å². The first-order valence-electron chi connectivity index (χ1n) is 6.26. The molecule has 0 saturated carbocycles. The molecule has 3 heteroatoms. The van der Waals surface area contributed by atoms with Crippen molar-refractivity contribution in [2.45, 2.75) is 13.8 Å². The van der Waals surface area contributed by atoms with E-state index in [4.69, 9.17) is 4.74 Å². The minimum Gasteiger partial charge on any atom is -0.504 e. The van der Waals surface area contributed by atoms with E-state index in [1.54, 1.807) is 18.3 Å². The summed E-state index contributed by atoms with van der Waals surface area (Å²) in [6.07, 6.45) is 1.65. The average molecular weight is 255 g/mol. The zero-order valence-corrected chi connectivity index (χ0v) is 11.1. The number of para-hydroxylation sites is 1. The molecular weight excluding hydrogens is 238 g/mol. The van der Waals surface area contributed by atoms with E-state index in [-0.39, 0.29) is 5.75 Å². The smallest absolute Gasteiger partial charge is 0.166 e. The van der Waals surface area contributed by atoms with Crippen LogP contribution in [0.4, 0.5) is 5.69 Å². The summed E-state index contributed by atoms with van der Waals surface area (Å²) >= 11 is 0. The highest BCUT2D eigenvalue weighted by atomic mass is 16.5. The maximum absolute atomic E-state index is 10.0. The Morgan fingerprint density at radius 1 is 1.21 bits per heavy atom. The molecule has 2 rings (SSSR count). The van der Waals surface area contributed by atoms with Crippen LogP contribution < -0.4 is 4.74 Å². The molecule has 0 aliphatic carbocycles. The number of aliphatic imine (C=N–C) groups is 1. The van der Waals surface area contributed by atoms with Gasteiger partial charge in [0.05, 0.1) is 12.3 Å². The van der Waals surface area contributed by atoms with Crippen molar-refractivity contribution in [1.29, 1.82) is 0 Å². The van der Waals surface area contributed by atoms with Crippen molar-refractivity contribution in [2.24, 2.45) is 4.99 Å². The van der Waals surface area contributed by atoms with E-state index >= 15 is 0 Å². The minimum atomic E-state index is 0.126. The third kappa shape index (κ3) is 3.35. The van der Waals surface area contributed by atoms with Crippen LogP contribution in [0.5, 0.6) is 11.5 Å². The predicted molar refractivity (Wildman–Crippen MR) is 77.7 cm³/mol. The second-order valence-electron chi connectivity index (χ2n) is 4.22. The van der Waals surface area contributed by atoms with E-state index in [2.05, 4.69) is 4.99 Å². The fourth-order valence-corrected chi connectivity index (χ4v) is 1.77. The standard InChI is InChI=1S/C16H17NO2/c1-3-19-15-9-5-7-13(16(15)18)11-17-14-8-4-6-12(2)10-14/h4-11,18H,3H2,1-2H3. The van der Waals surface area contributed by atoms with Crippen molar-refractivity contribution in [3.05, 3.63) is 53.6 Å². The van der Waals surface area contributed by atoms with Crippen molar-refractivity contribution >= 4 is 11.9 Å². The molecule has 98 valence electrons. The second kappa shape index (κ2) is 6.05. The molecule has 0 aliphatic rings. The number of rotatable bonds is 4. The minimum absolute atomic E-state index is 0.126. The van der Waals surface area contributed by atoms with Crippen LogP contribution in [0, 0.1) is 6.92 Å². The lowest BCUT2D eigenvalue weighted by Gasteiger charge is -2.07. The third-order valence-electron chi connectivity index (χ3n) is 2.68. The Labute approximate surface area is 113 Å². The van der Waals surface area contributed by atoms with Crippen LogP contribution >= 0.6 is 0 Å². The lowest BCUT2D eigenvalue weighted by molar-refractivity contribution is 0.318. The lowest BCUT2D eigenvalue weighted by atomic mass is 10.2. The van der Waals surface area contributed by atoms with Gasteiger partial charge in [-0.3, -0.25) is 4.99 Å². The van der Waals surface area contributed by atoms with Crippen molar-refractivity contribution < 1.29 is 9.84 Å². The van der Waals surface area contributed by atoms with Crippen molar-refractivity contribution in [2.75, 3.05) is 6.61 Å². The van der Waals surface area contributed by atoms with Crippen LogP contribution in [0.2, 0.25) is 0 Å². The highest BCUT2D eigenvalue weighted by Crippen LogP contribution is 2.29. The van der Waals surface area contributed by atoms with E-state index in [1.165, 1.54) is 0 Å². The molecule has 0 bridgehead atoms. The summed E-state index contributed by atoms with van der Waals surface area (Å²) in [5, 5.41) is 10.0. The van der Waals surface area contributed by atoms with E-state index in [0.717, 1.165) is 11.3 Å². The van der Waals surface area contributed by atoms with Gasteiger partial charge >= 0.3 is 0 Å². The molecule has 0 heterocycles. The van der Waals surface area contributed by atoms with Gasteiger partial charge in [-0.2, -0.15) is 0 Å². The van der Waals surface area contributed by atoms with E-state index in [1.807, 2.05) is 44.2 Å². The molecule has 1 N–H and O–H groups in total. The SMILES string of the molecule is CCOc1cccc(C=Nc2cccc(C)c2)c1O. The van der Waals surface area contributed by atoms with Crippen LogP contribution in [-0.2, 0) is 0 Å². The Hall–Kier alpha value is -2.29. The largest absolute Gasteiger partial charge is 0.504 e. The molecule has 0 radical (unpaired) electrons. The molecule has 2 aromatic rings. The summed E-state index contributed by atoms with van der Waals surface area (Å²) < 4.78 is 5.34. The summed E-state index contributed by atoms with van der Waals surface area (Å²) in [6, 6.07) is 13.3. The van der Waals surface area contributed by atoms with E-state index in [0.29, 0.717) is 17.9 Å². The van der Waals surface area contributed by atoms with Gasteiger partial charge in [0.1, 0.15) is 0 Å². The molecule has 0 aromatic heterocycles. The number of aromatic hydroxyl groups is 1. The highest BCUT2D eigenvalue weighted by molar-refractivity contribution is 5.86. The number of ether oxygens (including phenoxy) is 1. The molecule has 0 saturated heterocycles. The first kappa shape index (κ1) is 13.1. The summed E-state index contributed by atoms with van der Waals surface area (Å²) in [4.78, 5) is 4.36. The normalized spacial score (nSPS) is 10.8. The number of phenols is 1. The molecular formula is C16H17NO2. The zero-order chi connectivity index (χ0) is 13.7. The summed E-state index contributed by atoms with van der Waals surface area (Å²) in [6.45, 7) is 4.42. The number of nitrogens with zero attached hydrogens (tertiary/aromatic N) is 1. The van der Waals surface area contributed by atoms with Gasteiger partial charge in [0.2, 0.25) is 0 Å². The average Bonchev–Trinajstić information content (AvgIpc) is 2.40.